The average molecular weight is 445 g/mol. The molecule has 2 heterocycles. The number of methoxy groups -OCH3 is 1. The maximum atomic E-state index is 5.28. The molecule has 0 bridgehead atoms. The van der Waals surface area contributed by atoms with Crippen LogP contribution in [0.15, 0.2) is 48.5 Å². The Hall–Kier alpha value is -2.02. The fourth-order valence-corrected chi connectivity index (χ4v) is 3.61. The summed E-state index contributed by atoms with van der Waals surface area (Å²) in [6, 6.07) is 16.7. The molecule has 4 rings (SSSR count). The lowest BCUT2D eigenvalue weighted by atomic mass is 10.0. The summed E-state index contributed by atoms with van der Waals surface area (Å²) in [5.41, 5.74) is 4.61. The van der Waals surface area contributed by atoms with Crippen LogP contribution in [0.5, 0.6) is 5.75 Å². The molecule has 5 heteroatoms. The first-order chi connectivity index (χ1) is 12.3. The number of nitrogens with zero attached hydrogens (tertiary/aromatic N) is 2. The normalized spacial score (nSPS) is 13.7. The number of benzene rings is 2. The van der Waals surface area contributed by atoms with Crippen LogP contribution in [-0.2, 0) is 6.42 Å². The minimum absolute atomic E-state index is 0.854. The third kappa shape index (κ3) is 3.25. The Balaban J connectivity index is 1.85. The third-order valence-electron chi connectivity index (χ3n) is 4.56. The Labute approximate surface area is 161 Å². The van der Waals surface area contributed by atoms with Crippen molar-refractivity contribution in [3.05, 3.63) is 57.7 Å². The number of anilines is 1. The molecule has 1 aliphatic rings. The molecule has 25 heavy (non-hydrogen) atoms. The highest BCUT2D eigenvalue weighted by Crippen LogP contribution is 2.34. The molecule has 1 N–H and O–H groups in total. The number of hydrogen-bond donors (Lipinski definition) is 1. The van der Waals surface area contributed by atoms with E-state index in [1.165, 1.54) is 27.5 Å². The van der Waals surface area contributed by atoms with E-state index in [1.54, 1.807) is 7.11 Å². The zero-order valence-corrected chi connectivity index (χ0v) is 16.3. The molecule has 0 spiro atoms. The monoisotopic (exact) mass is 445 g/mol. The van der Waals surface area contributed by atoms with Crippen molar-refractivity contribution in [2.24, 2.45) is 0 Å². The quantitative estimate of drug-likeness (QED) is 0.583. The van der Waals surface area contributed by atoms with Crippen LogP contribution in [0.25, 0.3) is 16.9 Å². The fraction of sp³-hybridized carbons (Fsp3) is 0.250. The van der Waals surface area contributed by atoms with E-state index in [0.29, 0.717) is 0 Å². The van der Waals surface area contributed by atoms with Crippen molar-refractivity contribution in [1.29, 1.82) is 0 Å². The predicted molar refractivity (Wildman–Crippen MR) is 110 cm³/mol. The van der Waals surface area contributed by atoms with Crippen LogP contribution in [0.4, 0.5) is 5.82 Å². The maximum absolute atomic E-state index is 5.28. The Morgan fingerprint density at radius 1 is 1.04 bits per heavy atom. The Morgan fingerprint density at radius 2 is 1.80 bits per heavy atom. The lowest BCUT2D eigenvalue weighted by Gasteiger charge is -2.09. The van der Waals surface area contributed by atoms with Gasteiger partial charge >= 0.3 is 0 Å². The highest BCUT2D eigenvalue weighted by atomic mass is 127. The molecule has 0 unspecified atom stereocenters. The van der Waals surface area contributed by atoms with Gasteiger partial charge in [0.2, 0.25) is 0 Å². The molecule has 2 aromatic carbocycles. The van der Waals surface area contributed by atoms with Crippen LogP contribution in [-0.4, -0.2) is 23.4 Å². The first-order valence-electron chi connectivity index (χ1n) is 8.52. The van der Waals surface area contributed by atoms with E-state index < -0.39 is 0 Å². The van der Waals surface area contributed by atoms with E-state index in [-0.39, 0.29) is 0 Å². The molecular formula is C20H20IN3O. The van der Waals surface area contributed by atoms with Crippen LogP contribution in [0.3, 0.4) is 0 Å². The van der Waals surface area contributed by atoms with Gasteiger partial charge in [-0.05, 0) is 78.3 Å². The van der Waals surface area contributed by atoms with Crippen molar-refractivity contribution >= 4 is 28.4 Å². The lowest BCUT2D eigenvalue weighted by Crippen LogP contribution is -2.07. The molecule has 4 nitrogen and oxygen atoms in total. The van der Waals surface area contributed by atoms with Gasteiger partial charge in [-0.25, -0.2) is 4.68 Å². The van der Waals surface area contributed by atoms with E-state index >= 15 is 0 Å². The largest absolute Gasteiger partial charge is 0.497 e. The topological polar surface area (TPSA) is 39.1 Å². The summed E-state index contributed by atoms with van der Waals surface area (Å²) >= 11 is 2.34. The summed E-state index contributed by atoms with van der Waals surface area (Å²) in [6.45, 7) is 0.987. The Morgan fingerprint density at radius 3 is 2.52 bits per heavy atom. The number of ether oxygens (including phenoxy) is 1. The number of nitrogens with one attached hydrogen (secondary N) is 1. The summed E-state index contributed by atoms with van der Waals surface area (Å²) in [4.78, 5) is 0. The van der Waals surface area contributed by atoms with Crippen LogP contribution < -0.4 is 10.1 Å². The predicted octanol–water partition coefficient (Wildman–Crippen LogP) is 4.90. The standard InChI is InChI=1S/C20H20IN3O/c1-25-17-11-9-16(10-12-17)24-20-18(4-2-3-13-22-20)19(23-24)14-5-7-15(21)8-6-14/h5-12,22H,2-4,13H2,1H3. The molecule has 0 saturated heterocycles. The van der Waals surface area contributed by atoms with Crippen LogP contribution in [0.1, 0.15) is 18.4 Å². The van der Waals surface area contributed by atoms with Crippen molar-refractivity contribution < 1.29 is 4.74 Å². The van der Waals surface area contributed by atoms with Crippen molar-refractivity contribution in [3.63, 3.8) is 0 Å². The van der Waals surface area contributed by atoms with Crippen molar-refractivity contribution in [2.75, 3.05) is 19.0 Å². The zero-order chi connectivity index (χ0) is 17.2. The van der Waals surface area contributed by atoms with Gasteiger partial charge in [0.15, 0.2) is 0 Å². The Bertz CT molecular complexity index is 869. The molecule has 0 aliphatic carbocycles. The van der Waals surface area contributed by atoms with Gasteiger partial charge < -0.3 is 10.1 Å². The Kier molecular flexibility index (Phi) is 4.65. The highest BCUT2D eigenvalue weighted by Gasteiger charge is 2.21. The number of fused-ring (bicyclic) bond motifs is 1. The molecule has 3 aromatic rings. The van der Waals surface area contributed by atoms with Crippen molar-refractivity contribution in [3.8, 4) is 22.7 Å². The molecule has 128 valence electrons. The van der Waals surface area contributed by atoms with Crippen molar-refractivity contribution in [2.45, 2.75) is 19.3 Å². The molecule has 0 fully saturated rings. The molecule has 0 amide bonds. The highest BCUT2D eigenvalue weighted by molar-refractivity contribution is 14.1. The van der Waals surface area contributed by atoms with Gasteiger partial charge in [0.05, 0.1) is 18.5 Å². The summed E-state index contributed by atoms with van der Waals surface area (Å²) < 4.78 is 8.55. The zero-order valence-electron chi connectivity index (χ0n) is 14.1. The maximum Gasteiger partial charge on any atom is 0.133 e. The molecule has 1 aliphatic heterocycles. The second-order valence-electron chi connectivity index (χ2n) is 6.18. The fourth-order valence-electron chi connectivity index (χ4n) is 3.25. The second-order valence-corrected chi connectivity index (χ2v) is 7.42. The van der Waals surface area contributed by atoms with E-state index in [9.17, 15) is 0 Å². The number of hydrogen-bond acceptors (Lipinski definition) is 3. The summed E-state index contributed by atoms with van der Waals surface area (Å²) in [7, 11) is 1.69. The van der Waals surface area contributed by atoms with Gasteiger partial charge in [0.1, 0.15) is 11.6 Å². The first-order valence-corrected chi connectivity index (χ1v) is 9.60. The van der Waals surface area contributed by atoms with E-state index in [2.05, 4.69) is 64.3 Å². The smallest absolute Gasteiger partial charge is 0.133 e. The molecule has 0 radical (unpaired) electrons. The van der Waals surface area contributed by atoms with Gasteiger partial charge in [-0.2, -0.15) is 5.10 Å². The minimum Gasteiger partial charge on any atom is -0.497 e. The minimum atomic E-state index is 0.854. The number of halogens is 1. The van der Waals surface area contributed by atoms with E-state index in [1.807, 2.05) is 16.8 Å². The van der Waals surface area contributed by atoms with E-state index in [0.717, 1.165) is 35.9 Å². The summed E-state index contributed by atoms with van der Waals surface area (Å²) in [5.74, 6) is 1.98. The van der Waals surface area contributed by atoms with Crippen LogP contribution in [0.2, 0.25) is 0 Å². The van der Waals surface area contributed by atoms with Crippen LogP contribution in [0, 0.1) is 3.57 Å². The van der Waals surface area contributed by atoms with Gasteiger partial charge in [0.25, 0.3) is 0 Å². The number of aromatic nitrogens is 2. The summed E-state index contributed by atoms with van der Waals surface area (Å²) in [5, 5.41) is 8.56. The number of rotatable bonds is 3. The third-order valence-corrected chi connectivity index (χ3v) is 5.28. The SMILES string of the molecule is COc1ccc(-n2nc(-c3ccc(I)cc3)c3c2NCCCC3)cc1. The molecular weight excluding hydrogens is 425 g/mol. The molecule has 0 saturated carbocycles. The van der Waals surface area contributed by atoms with Crippen molar-refractivity contribution in [1.82, 2.24) is 9.78 Å². The van der Waals surface area contributed by atoms with Crippen LogP contribution >= 0.6 is 22.6 Å². The molecule has 1 aromatic heterocycles. The van der Waals surface area contributed by atoms with E-state index in [4.69, 9.17) is 9.84 Å². The summed E-state index contributed by atoms with van der Waals surface area (Å²) in [6.07, 6.45) is 3.43. The first kappa shape index (κ1) is 16.4. The lowest BCUT2D eigenvalue weighted by molar-refractivity contribution is 0.414. The second kappa shape index (κ2) is 7.07. The van der Waals surface area contributed by atoms with Gasteiger partial charge in [-0.15, -0.1) is 0 Å². The van der Waals surface area contributed by atoms with Gasteiger partial charge in [-0.3, -0.25) is 0 Å². The molecule has 0 atom stereocenters. The average Bonchev–Trinajstić information content (AvgIpc) is 2.84. The van der Waals surface area contributed by atoms with Gasteiger partial charge in [-0.1, -0.05) is 12.1 Å². The van der Waals surface area contributed by atoms with Gasteiger partial charge in [0, 0.05) is 21.2 Å².